The molecule has 1 aromatic heterocycles. The van der Waals surface area contributed by atoms with Crippen LogP contribution in [0.2, 0.25) is 0 Å². The number of nitrogens with one attached hydrogen (secondary N) is 1. The van der Waals surface area contributed by atoms with Crippen LogP contribution in [0.3, 0.4) is 0 Å². The number of benzene rings is 2. The van der Waals surface area contributed by atoms with Crippen molar-refractivity contribution in [2.24, 2.45) is 0 Å². The Morgan fingerprint density at radius 1 is 1.00 bits per heavy atom. The quantitative estimate of drug-likeness (QED) is 0.431. The van der Waals surface area contributed by atoms with Gasteiger partial charge in [0.05, 0.1) is 4.91 Å². The van der Waals surface area contributed by atoms with E-state index in [0.717, 1.165) is 22.2 Å². The Bertz CT molecular complexity index is 1230. The molecule has 7 nitrogen and oxygen atoms in total. The molecule has 0 unspecified atom stereocenters. The molecule has 1 aliphatic heterocycles. The zero-order valence-electron chi connectivity index (χ0n) is 17.0. The number of thioether (sulfide) groups is 1. The molecule has 0 atom stereocenters. The standard InChI is InChI=1S/C24H18N2O5S/c1-15(27)16-7-9-17(10-8-16)20-12-11-19(31-20)13-21-23(29)26(24(30)32-21)14-22(28)25-18-5-3-2-4-6-18/h2-13H,14H2,1H3,(H,25,28)/b21-13+. The van der Waals surface area contributed by atoms with Crippen LogP contribution >= 0.6 is 11.8 Å². The minimum absolute atomic E-state index is 0.0233. The number of ketones is 1. The van der Waals surface area contributed by atoms with Crippen molar-refractivity contribution in [3.05, 3.63) is 83.0 Å². The predicted molar refractivity (Wildman–Crippen MR) is 122 cm³/mol. The summed E-state index contributed by atoms with van der Waals surface area (Å²) in [5.74, 6) is -0.0754. The van der Waals surface area contributed by atoms with Crippen molar-refractivity contribution < 1.29 is 23.6 Å². The summed E-state index contributed by atoms with van der Waals surface area (Å²) in [5, 5.41) is 2.14. The molecule has 160 valence electrons. The normalized spacial score (nSPS) is 14.8. The van der Waals surface area contributed by atoms with Crippen LogP contribution in [0.4, 0.5) is 10.5 Å². The summed E-state index contributed by atoms with van der Waals surface area (Å²) in [6.07, 6.45) is 1.48. The SMILES string of the molecule is CC(=O)c1ccc(-c2ccc(/C=C3/SC(=O)N(CC(=O)Nc4ccccc4)C3=O)o2)cc1. The van der Waals surface area contributed by atoms with Crippen LogP contribution < -0.4 is 5.32 Å². The molecule has 1 fully saturated rings. The summed E-state index contributed by atoms with van der Waals surface area (Å²) in [4.78, 5) is 49.6. The topological polar surface area (TPSA) is 96.7 Å². The number of hydrogen-bond acceptors (Lipinski definition) is 6. The van der Waals surface area contributed by atoms with E-state index < -0.39 is 17.1 Å². The van der Waals surface area contributed by atoms with Gasteiger partial charge in [0.2, 0.25) is 5.91 Å². The number of amides is 3. The third-order valence-electron chi connectivity index (χ3n) is 4.71. The first kappa shape index (κ1) is 21.3. The van der Waals surface area contributed by atoms with Gasteiger partial charge in [-0.3, -0.25) is 24.1 Å². The van der Waals surface area contributed by atoms with Crippen molar-refractivity contribution in [3.63, 3.8) is 0 Å². The molecule has 2 heterocycles. The number of carbonyl (C=O) groups is 4. The molecule has 3 aromatic rings. The van der Waals surface area contributed by atoms with Gasteiger partial charge in [0.25, 0.3) is 11.1 Å². The number of carbonyl (C=O) groups excluding carboxylic acids is 4. The second-order valence-electron chi connectivity index (χ2n) is 7.02. The second kappa shape index (κ2) is 9.07. The van der Waals surface area contributed by atoms with Crippen LogP contribution in [0.25, 0.3) is 17.4 Å². The molecule has 2 aromatic carbocycles. The highest BCUT2D eigenvalue weighted by Gasteiger charge is 2.36. The van der Waals surface area contributed by atoms with E-state index in [1.54, 1.807) is 60.7 Å². The fourth-order valence-electron chi connectivity index (χ4n) is 3.09. The Labute approximate surface area is 188 Å². The van der Waals surface area contributed by atoms with Crippen LogP contribution in [-0.2, 0) is 9.59 Å². The monoisotopic (exact) mass is 446 g/mol. The first-order valence-corrected chi connectivity index (χ1v) is 10.5. The minimum atomic E-state index is -0.549. The van der Waals surface area contributed by atoms with E-state index in [9.17, 15) is 19.2 Å². The van der Waals surface area contributed by atoms with Crippen LogP contribution in [-0.4, -0.2) is 34.3 Å². The first-order valence-electron chi connectivity index (χ1n) is 9.72. The maximum atomic E-state index is 12.6. The average molecular weight is 446 g/mol. The predicted octanol–water partition coefficient (Wildman–Crippen LogP) is 4.82. The van der Waals surface area contributed by atoms with E-state index in [1.165, 1.54) is 13.0 Å². The lowest BCUT2D eigenvalue weighted by atomic mass is 10.1. The number of nitrogens with zero attached hydrogens (tertiary/aromatic N) is 1. The highest BCUT2D eigenvalue weighted by atomic mass is 32.2. The fraction of sp³-hybridized carbons (Fsp3) is 0.0833. The van der Waals surface area contributed by atoms with E-state index in [4.69, 9.17) is 4.42 Å². The molecule has 1 N–H and O–H groups in total. The van der Waals surface area contributed by atoms with E-state index >= 15 is 0 Å². The molecule has 4 rings (SSSR count). The lowest BCUT2D eigenvalue weighted by Crippen LogP contribution is -2.36. The largest absolute Gasteiger partial charge is 0.457 e. The molecule has 0 radical (unpaired) electrons. The van der Waals surface area contributed by atoms with Gasteiger partial charge in [-0.1, -0.05) is 42.5 Å². The summed E-state index contributed by atoms with van der Waals surface area (Å²) in [7, 11) is 0. The van der Waals surface area contributed by atoms with Crippen molar-refractivity contribution in [1.82, 2.24) is 4.90 Å². The van der Waals surface area contributed by atoms with Crippen LogP contribution in [0.5, 0.6) is 0 Å². The van der Waals surface area contributed by atoms with Gasteiger partial charge >= 0.3 is 0 Å². The highest BCUT2D eigenvalue weighted by molar-refractivity contribution is 8.18. The van der Waals surface area contributed by atoms with Crippen LogP contribution in [0.15, 0.2) is 76.1 Å². The third kappa shape index (κ3) is 4.70. The molecule has 1 aliphatic rings. The Morgan fingerprint density at radius 2 is 1.72 bits per heavy atom. The van der Waals surface area contributed by atoms with E-state index in [-0.39, 0.29) is 17.2 Å². The summed E-state index contributed by atoms with van der Waals surface area (Å²) < 4.78 is 5.77. The van der Waals surface area contributed by atoms with Crippen molar-refractivity contribution >= 4 is 46.4 Å². The highest BCUT2D eigenvalue weighted by Crippen LogP contribution is 2.33. The lowest BCUT2D eigenvalue weighted by molar-refractivity contribution is -0.127. The Morgan fingerprint density at radius 3 is 2.41 bits per heavy atom. The molecule has 1 saturated heterocycles. The van der Waals surface area contributed by atoms with Gasteiger partial charge in [0.15, 0.2) is 5.78 Å². The summed E-state index contributed by atoms with van der Waals surface area (Å²) in [5.41, 5.74) is 1.96. The van der Waals surface area contributed by atoms with Crippen LogP contribution in [0, 0.1) is 0 Å². The smallest absolute Gasteiger partial charge is 0.294 e. The maximum absolute atomic E-state index is 12.6. The van der Waals surface area contributed by atoms with Gasteiger partial charge < -0.3 is 9.73 Å². The van der Waals surface area contributed by atoms with Crippen molar-refractivity contribution in [2.45, 2.75) is 6.92 Å². The van der Waals surface area contributed by atoms with Crippen molar-refractivity contribution in [2.75, 3.05) is 11.9 Å². The summed E-state index contributed by atoms with van der Waals surface area (Å²) >= 11 is 0.756. The van der Waals surface area contributed by atoms with Gasteiger partial charge in [0.1, 0.15) is 18.1 Å². The number of anilines is 1. The van der Waals surface area contributed by atoms with E-state index in [2.05, 4.69) is 5.32 Å². The molecule has 32 heavy (non-hydrogen) atoms. The number of rotatable bonds is 6. The summed E-state index contributed by atoms with van der Waals surface area (Å²) in [6.45, 7) is 1.13. The number of para-hydroxylation sites is 1. The number of hydrogen-bond donors (Lipinski definition) is 1. The van der Waals surface area contributed by atoms with E-state index in [0.29, 0.717) is 22.8 Å². The molecule has 0 aliphatic carbocycles. The number of imide groups is 1. The molecule has 8 heteroatoms. The fourth-order valence-corrected chi connectivity index (χ4v) is 3.90. The lowest BCUT2D eigenvalue weighted by Gasteiger charge is -2.12. The number of Topliss-reactive ketones (excluding diaryl/α,β-unsaturated/α-hetero) is 1. The van der Waals surface area contributed by atoms with Crippen molar-refractivity contribution in [1.29, 1.82) is 0 Å². The second-order valence-corrected chi connectivity index (χ2v) is 8.01. The molecule has 0 bridgehead atoms. The molecule has 0 saturated carbocycles. The van der Waals surface area contributed by atoms with Gasteiger partial charge in [-0.25, -0.2) is 0 Å². The number of furan rings is 1. The Balaban J connectivity index is 1.45. The Kier molecular flexibility index (Phi) is 6.04. The van der Waals surface area contributed by atoms with Gasteiger partial charge in [-0.15, -0.1) is 0 Å². The zero-order chi connectivity index (χ0) is 22.7. The molecule has 3 amide bonds. The maximum Gasteiger partial charge on any atom is 0.294 e. The molecular formula is C24H18N2O5S. The Hall–Kier alpha value is -3.91. The van der Waals surface area contributed by atoms with Gasteiger partial charge in [0, 0.05) is 22.9 Å². The first-order chi connectivity index (χ1) is 15.4. The minimum Gasteiger partial charge on any atom is -0.457 e. The molecule has 0 spiro atoms. The van der Waals surface area contributed by atoms with Crippen molar-refractivity contribution in [3.8, 4) is 11.3 Å². The van der Waals surface area contributed by atoms with Gasteiger partial charge in [-0.2, -0.15) is 0 Å². The zero-order valence-corrected chi connectivity index (χ0v) is 17.8. The van der Waals surface area contributed by atoms with Crippen LogP contribution in [0.1, 0.15) is 23.0 Å². The van der Waals surface area contributed by atoms with Gasteiger partial charge in [-0.05, 0) is 43.0 Å². The third-order valence-corrected chi connectivity index (χ3v) is 5.62. The molecular weight excluding hydrogens is 428 g/mol. The summed E-state index contributed by atoms with van der Waals surface area (Å²) in [6, 6.07) is 19.2. The van der Waals surface area contributed by atoms with E-state index in [1.807, 2.05) is 6.07 Å². The average Bonchev–Trinajstić information content (AvgIpc) is 3.35.